The lowest BCUT2D eigenvalue weighted by molar-refractivity contribution is 0.0935. The van der Waals surface area contributed by atoms with E-state index in [9.17, 15) is 0 Å². The first-order chi connectivity index (χ1) is 8.20. The molecule has 0 spiro atoms. The summed E-state index contributed by atoms with van der Waals surface area (Å²) in [5, 5.41) is 12.5. The third kappa shape index (κ3) is 3.27. The highest BCUT2D eigenvalue weighted by molar-refractivity contribution is 7.09. The molecule has 17 heavy (non-hydrogen) atoms. The molecule has 1 aromatic rings. The van der Waals surface area contributed by atoms with Crippen molar-refractivity contribution < 1.29 is 5.11 Å². The van der Waals surface area contributed by atoms with Crippen LogP contribution in [0.25, 0.3) is 0 Å². The van der Waals surface area contributed by atoms with Crippen LogP contribution in [-0.4, -0.2) is 34.2 Å². The van der Waals surface area contributed by atoms with E-state index in [4.69, 9.17) is 5.11 Å². The van der Waals surface area contributed by atoms with Crippen molar-refractivity contribution in [3.8, 4) is 0 Å². The molecule has 0 aliphatic heterocycles. The number of rotatable bonds is 6. The molecule has 1 heterocycles. The molecule has 0 aromatic carbocycles. The van der Waals surface area contributed by atoms with E-state index < -0.39 is 0 Å². The van der Waals surface area contributed by atoms with Crippen molar-refractivity contribution >= 4 is 11.3 Å². The van der Waals surface area contributed by atoms with Gasteiger partial charge in [0.25, 0.3) is 0 Å². The fourth-order valence-electron chi connectivity index (χ4n) is 2.14. The second-order valence-electron chi connectivity index (χ2n) is 5.11. The Bertz CT molecular complexity index is 347. The molecule has 0 amide bonds. The number of aliphatic hydroxyl groups excluding tert-OH is 1. The van der Waals surface area contributed by atoms with E-state index in [1.54, 1.807) is 11.3 Å². The van der Waals surface area contributed by atoms with Crippen molar-refractivity contribution in [2.24, 2.45) is 0 Å². The Morgan fingerprint density at radius 2 is 2.29 bits per heavy atom. The first-order valence-corrected chi connectivity index (χ1v) is 7.38. The van der Waals surface area contributed by atoms with Crippen LogP contribution in [0.4, 0.5) is 0 Å². The van der Waals surface area contributed by atoms with Gasteiger partial charge >= 0.3 is 0 Å². The van der Waals surface area contributed by atoms with Crippen LogP contribution in [-0.2, 0) is 6.54 Å². The molecule has 1 aromatic heterocycles. The predicted molar refractivity (Wildman–Crippen MR) is 71.3 cm³/mol. The van der Waals surface area contributed by atoms with Crippen molar-refractivity contribution in [2.75, 3.05) is 13.2 Å². The summed E-state index contributed by atoms with van der Waals surface area (Å²) in [5.74, 6) is 0.517. The van der Waals surface area contributed by atoms with Gasteiger partial charge in [-0.25, -0.2) is 4.98 Å². The topological polar surface area (TPSA) is 36.4 Å². The summed E-state index contributed by atoms with van der Waals surface area (Å²) >= 11 is 1.75. The maximum Gasteiger partial charge on any atom is 0.0954 e. The van der Waals surface area contributed by atoms with Crippen LogP contribution in [0.15, 0.2) is 5.38 Å². The molecule has 1 fully saturated rings. The zero-order chi connectivity index (χ0) is 12.3. The molecule has 3 nitrogen and oxygen atoms in total. The first kappa shape index (κ1) is 13.0. The Morgan fingerprint density at radius 1 is 1.53 bits per heavy atom. The van der Waals surface area contributed by atoms with Gasteiger partial charge in [0, 0.05) is 30.4 Å². The standard InChI is InChI=1S/C13H22N2OS/c1-10(2)13-14-11(9-17-13)8-15(6-7-16)12-4-3-5-12/h9-10,12,16H,3-8H2,1-2H3. The predicted octanol–water partition coefficient (Wildman–Crippen LogP) is 2.61. The van der Waals surface area contributed by atoms with Gasteiger partial charge in [0.1, 0.15) is 0 Å². The van der Waals surface area contributed by atoms with Gasteiger partial charge in [0.2, 0.25) is 0 Å². The highest BCUT2D eigenvalue weighted by Gasteiger charge is 2.25. The molecule has 0 unspecified atom stereocenters. The number of thiazole rings is 1. The lowest BCUT2D eigenvalue weighted by atomic mass is 9.91. The third-order valence-corrected chi connectivity index (χ3v) is 4.60. The van der Waals surface area contributed by atoms with Gasteiger partial charge in [0.05, 0.1) is 17.3 Å². The summed E-state index contributed by atoms with van der Waals surface area (Å²) in [6.45, 7) is 6.28. The molecule has 1 N–H and O–H groups in total. The Morgan fingerprint density at radius 3 is 2.76 bits per heavy atom. The van der Waals surface area contributed by atoms with E-state index in [0.29, 0.717) is 12.0 Å². The van der Waals surface area contributed by atoms with Crippen LogP contribution in [0.1, 0.15) is 49.7 Å². The Kier molecular flexibility index (Phi) is 4.54. The Balaban J connectivity index is 1.95. The normalized spacial score (nSPS) is 16.8. The maximum atomic E-state index is 9.12. The molecule has 0 bridgehead atoms. The molecule has 2 rings (SSSR count). The minimum absolute atomic E-state index is 0.248. The van der Waals surface area contributed by atoms with Crippen LogP contribution in [0, 0.1) is 0 Å². The van der Waals surface area contributed by atoms with Crippen LogP contribution in [0.5, 0.6) is 0 Å². The zero-order valence-corrected chi connectivity index (χ0v) is 11.5. The van der Waals surface area contributed by atoms with Gasteiger partial charge in [-0.05, 0) is 12.8 Å². The maximum absolute atomic E-state index is 9.12. The molecule has 1 aliphatic carbocycles. The summed E-state index contributed by atoms with van der Waals surface area (Å²) in [6.07, 6.45) is 3.89. The Hall–Kier alpha value is -0.450. The van der Waals surface area contributed by atoms with Crippen LogP contribution in [0.2, 0.25) is 0 Å². The number of hydrogen-bond acceptors (Lipinski definition) is 4. The van der Waals surface area contributed by atoms with Gasteiger partial charge in [-0.2, -0.15) is 0 Å². The average molecular weight is 254 g/mol. The molecule has 4 heteroatoms. The van der Waals surface area contributed by atoms with E-state index in [1.807, 2.05) is 0 Å². The lowest BCUT2D eigenvalue weighted by Crippen LogP contribution is -2.41. The summed E-state index contributed by atoms with van der Waals surface area (Å²) in [6, 6.07) is 0.673. The molecule has 0 atom stereocenters. The molecule has 1 saturated carbocycles. The highest BCUT2D eigenvalue weighted by atomic mass is 32.1. The van der Waals surface area contributed by atoms with Crippen LogP contribution >= 0.6 is 11.3 Å². The van der Waals surface area contributed by atoms with Crippen LogP contribution in [0.3, 0.4) is 0 Å². The number of nitrogens with zero attached hydrogens (tertiary/aromatic N) is 2. The van der Waals surface area contributed by atoms with E-state index in [-0.39, 0.29) is 6.61 Å². The van der Waals surface area contributed by atoms with Crippen molar-refractivity contribution in [1.82, 2.24) is 9.88 Å². The SMILES string of the molecule is CC(C)c1nc(CN(CCO)C2CCC2)cs1. The fraction of sp³-hybridized carbons (Fsp3) is 0.769. The van der Waals surface area contributed by atoms with E-state index in [2.05, 4.69) is 29.1 Å². The largest absolute Gasteiger partial charge is 0.395 e. The number of hydrogen-bond donors (Lipinski definition) is 1. The molecular formula is C13H22N2OS. The minimum atomic E-state index is 0.248. The van der Waals surface area contributed by atoms with Gasteiger partial charge in [-0.1, -0.05) is 20.3 Å². The van der Waals surface area contributed by atoms with E-state index >= 15 is 0 Å². The summed E-state index contributed by atoms with van der Waals surface area (Å²) < 4.78 is 0. The van der Waals surface area contributed by atoms with Crippen molar-refractivity contribution in [3.05, 3.63) is 16.1 Å². The highest BCUT2D eigenvalue weighted by Crippen LogP contribution is 2.27. The van der Waals surface area contributed by atoms with Crippen LogP contribution < -0.4 is 0 Å². The number of aliphatic hydroxyl groups is 1. The van der Waals surface area contributed by atoms with Gasteiger partial charge in [0.15, 0.2) is 0 Å². The summed E-state index contributed by atoms with van der Waals surface area (Å²) in [7, 11) is 0. The second kappa shape index (κ2) is 5.94. The van der Waals surface area contributed by atoms with E-state index in [0.717, 1.165) is 13.1 Å². The van der Waals surface area contributed by atoms with Crippen molar-refractivity contribution in [1.29, 1.82) is 0 Å². The monoisotopic (exact) mass is 254 g/mol. The minimum Gasteiger partial charge on any atom is -0.395 e. The third-order valence-electron chi connectivity index (χ3n) is 3.41. The number of aromatic nitrogens is 1. The molecule has 0 radical (unpaired) electrons. The molecule has 0 saturated heterocycles. The molecule has 96 valence electrons. The smallest absolute Gasteiger partial charge is 0.0954 e. The van der Waals surface area contributed by atoms with Crippen molar-refractivity contribution in [3.63, 3.8) is 0 Å². The lowest BCUT2D eigenvalue weighted by Gasteiger charge is -2.36. The Labute approximate surface area is 107 Å². The molecular weight excluding hydrogens is 232 g/mol. The quantitative estimate of drug-likeness (QED) is 0.848. The average Bonchev–Trinajstić information content (AvgIpc) is 2.64. The van der Waals surface area contributed by atoms with Gasteiger partial charge in [-0.3, -0.25) is 4.90 Å². The van der Waals surface area contributed by atoms with Gasteiger partial charge < -0.3 is 5.11 Å². The van der Waals surface area contributed by atoms with E-state index in [1.165, 1.54) is 30.0 Å². The summed E-state index contributed by atoms with van der Waals surface area (Å²) in [4.78, 5) is 7.05. The van der Waals surface area contributed by atoms with Gasteiger partial charge in [-0.15, -0.1) is 11.3 Å². The first-order valence-electron chi connectivity index (χ1n) is 6.50. The fourth-order valence-corrected chi connectivity index (χ4v) is 2.97. The molecule has 1 aliphatic rings. The van der Waals surface area contributed by atoms with Crippen molar-refractivity contribution in [2.45, 2.75) is 51.6 Å². The second-order valence-corrected chi connectivity index (χ2v) is 6.00. The zero-order valence-electron chi connectivity index (χ0n) is 10.7. The summed E-state index contributed by atoms with van der Waals surface area (Å²) in [5.41, 5.74) is 1.17.